The molecule has 1 atom stereocenters. The van der Waals surface area contributed by atoms with Crippen LogP contribution in [0.5, 0.6) is 0 Å². The lowest BCUT2D eigenvalue weighted by Crippen LogP contribution is -2.32. The standard InChI is InChI=1S/C9H7N3O2/c10-12-7-5-3-1-2-4-6(5)11-8(7)9(13)14/h1-4,8,11H,(H,13,14). The molecule has 1 aliphatic heterocycles. The fourth-order valence-electron chi connectivity index (χ4n) is 1.50. The van der Waals surface area contributed by atoms with Crippen molar-refractivity contribution in [2.24, 2.45) is 0 Å². The van der Waals surface area contributed by atoms with Crippen molar-refractivity contribution in [2.45, 2.75) is 6.04 Å². The number of hydrogen-bond acceptors (Lipinski definition) is 2. The van der Waals surface area contributed by atoms with Gasteiger partial charge in [0.15, 0.2) is 0 Å². The van der Waals surface area contributed by atoms with Gasteiger partial charge in [0, 0.05) is 0 Å². The SMILES string of the molecule is [N-]=[N+]=C1c2ccccc2NC1C(=O)O. The summed E-state index contributed by atoms with van der Waals surface area (Å²) in [7, 11) is 0. The maximum atomic E-state index is 10.8. The zero-order chi connectivity index (χ0) is 10.1. The summed E-state index contributed by atoms with van der Waals surface area (Å²) in [5, 5.41) is 11.6. The van der Waals surface area contributed by atoms with Gasteiger partial charge in [-0.3, -0.25) is 0 Å². The second-order valence-electron chi connectivity index (χ2n) is 2.95. The van der Waals surface area contributed by atoms with Crippen LogP contribution >= 0.6 is 0 Å². The quantitative estimate of drug-likeness (QED) is 0.500. The highest BCUT2D eigenvalue weighted by Crippen LogP contribution is 2.24. The fraction of sp³-hybridized carbons (Fsp3) is 0.111. The second kappa shape index (κ2) is 2.97. The molecule has 0 spiro atoms. The van der Waals surface area contributed by atoms with Gasteiger partial charge in [-0.2, -0.15) is 4.79 Å². The van der Waals surface area contributed by atoms with Crippen molar-refractivity contribution in [3.63, 3.8) is 0 Å². The summed E-state index contributed by atoms with van der Waals surface area (Å²) in [6.45, 7) is 0. The van der Waals surface area contributed by atoms with Crippen molar-refractivity contribution in [3.8, 4) is 0 Å². The van der Waals surface area contributed by atoms with Gasteiger partial charge in [0.05, 0.1) is 11.3 Å². The number of benzene rings is 1. The number of carboxylic acid groups (broad SMARTS) is 1. The summed E-state index contributed by atoms with van der Waals surface area (Å²) in [6.07, 6.45) is 0. The molecular formula is C9H7N3O2. The van der Waals surface area contributed by atoms with E-state index in [1.165, 1.54) is 0 Å². The zero-order valence-corrected chi connectivity index (χ0v) is 7.14. The highest BCUT2D eigenvalue weighted by Gasteiger charge is 2.39. The molecule has 2 N–H and O–H groups in total. The molecule has 0 bridgehead atoms. The average molecular weight is 189 g/mol. The predicted octanol–water partition coefficient (Wildman–Crippen LogP) is 0.584. The van der Waals surface area contributed by atoms with E-state index in [-0.39, 0.29) is 5.71 Å². The van der Waals surface area contributed by atoms with Gasteiger partial charge < -0.3 is 16.0 Å². The molecular weight excluding hydrogens is 182 g/mol. The van der Waals surface area contributed by atoms with Crippen molar-refractivity contribution >= 4 is 17.4 Å². The summed E-state index contributed by atoms with van der Waals surface area (Å²) in [5.41, 5.74) is 10.2. The number of hydrogen-bond donors (Lipinski definition) is 2. The number of nitrogens with zero attached hydrogens (tertiary/aromatic N) is 2. The van der Waals surface area contributed by atoms with Gasteiger partial charge in [-0.05, 0) is 12.1 Å². The molecule has 70 valence electrons. The third-order valence-corrected chi connectivity index (χ3v) is 2.13. The molecule has 0 saturated carbocycles. The van der Waals surface area contributed by atoms with E-state index in [4.69, 9.17) is 10.6 Å². The van der Waals surface area contributed by atoms with Crippen molar-refractivity contribution in [2.75, 3.05) is 5.32 Å². The molecule has 1 aliphatic rings. The third-order valence-electron chi connectivity index (χ3n) is 2.13. The monoisotopic (exact) mass is 189 g/mol. The van der Waals surface area contributed by atoms with E-state index in [1.807, 2.05) is 0 Å². The van der Waals surface area contributed by atoms with Crippen molar-refractivity contribution in [1.82, 2.24) is 0 Å². The van der Waals surface area contributed by atoms with Crippen LogP contribution < -0.4 is 5.32 Å². The number of nitrogens with one attached hydrogen (secondary N) is 1. The van der Waals surface area contributed by atoms with Crippen LogP contribution in [-0.4, -0.2) is 27.6 Å². The Kier molecular flexibility index (Phi) is 1.80. The van der Waals surface area contributed by atoms with Gasteiger partial charge in [0.2, 0.25) is 6.04 Å². The van der Waals surface area contributed by atoms with Gasteiger partial charge >= 0.3 is 11.7 Å². The largest absolute Gasteiger partial charge is 0.479 e. The minimum absolute atomic E-state index is 0.146. The molecule has 5 nitrogen and oxygen atoms in total. The normalized spacial score (nSPS) is 18.3. The summed E-state index contributed by atoms with van der Waals surface area (Å²) >= 11 is 0. The van der Waals surface area contributed by atoms with Crippen LogP contribution in [0.2, 0.25) is 0 Å². The van der Waals surface area contributed by atoms with Crippen LogP contribution in [0.3, 0.4) is 0 Å². The Morgan fingerprint density at radius 1 is 1.50 bits per heavy atom. The maximum absolute atomic E-state index is 10.8. The summed E-state index contributed by atoms with van der Waals surface area (Å²) < 4.78 is 0. The summed E-state index contributed by atoms with van der Waals surface area (Å²) in [4.78, 5) is 13.8. The maximum Gasteiger partial charge on any atom is 0.338 e. The summed E-state index contributed by atoms with van der Waals surface area (Å²) in [5.74, 6) is -1.06. The van der Waals surface area contributed by atoms with Gasteiger partial charge in [-0.25, -0.2) is 4.79 Å². The Labute approximate surface area is 79.6 Å². The first kappa shape index (κ1) is 8.47. The minimum atomic E-state index is -1.06. The van der Waals surface area contributed by atoms with Gasteiger partial charge in [-0.15, -0.1) is 0 Å². The number of carboxylic acids is 1. The number of fused-ring (bicyclic) bond motifs is 1. The second-order valence-corrected chi connectivity index (χ2v) is 2.95. The minimum Gasteiger partial charge on any atom is -0.479 e. The van der Waals surface area contributed by atoms with E-state index < -0.39 is 12.0 Å². The molecule has 0 amide bonds. The fourth-order valence-corrected chi connectivity index (χ4v) is 1.50. The number of rotatable bonds is 1. The van der Waals surface area contributed by atoms with Crippen LogP contribution in [0.1, 0.15) is 5.56 Å². The number of anilines is 1. The lowest BCUT2D eigenvalue weighted by atomic mass is 10.1. The lowest BCUT2D eigenvalue weighted by molar-refractivity contribution is -0.137. The lowest BCUT2D eigenvalue weighted by Gasteiger charge is -1.99. The molecule has 5 heteroatoms. The Bertz CT molecular complexity index is 449. The Morgan fingerprint density at radius 2 is 2.21 bits per heavy atom. The molecule has 1 aromatic rings. The van der Waals surface area contributed by atoms with Crippen LogP contribution in [-0.2, 0) is 4.79 Å². The van der Waals surface area contributed by atoms with Crippen LogP contribution in [0.15, 0.2) is 24.3 Å². The van der Waals surface area contributed by atoms with Crippen molar-refractivity contribution in [3.05, 3.63) is 35.4 Å². The first-order valence-electron chi connectivity index (χ1n) is 4.04. The van der Waals surface area contributed by atoms with E-state index in [9.17, 15) is 4.79 Å². The van der Waals surface area contributed by atoms with Crippen molar-refractivity contribution in [1.29, 1.82) is 0 Å². The third kappa shape index (κ3) is 1.08. The van der Waals surface area contributed by atoms with E-state index >= 15 is 0 Å². The van der Waals surface area contributed by atoms with E-state index in [0.29, 0.717) is 11.3 Å². The van der Waals surface area contributed by atoms with Gasteiger partial charge in [-0.1, -0.05) is 12.1 Å². The van der Waals surface area contributed by atoms with Crippen molar-refractivity contribution < 1.29 is 14.7 Å². The molecule has 2 rings (SSSR count). The van der Waals surface area contributed by atoms with Crippen LogP contribution in [0, 0.1) is 0 Å². The Hall–Kier alpha value is -2.13. The Morgan fingerprint density at radius 3 is 2.86 bits per heavy atom. The molecule has 1 unspecified atom stereocenters. The van der Waals surface area contributed by atoms with Gasteiger partial charge in [0.1, 0.15) is 0 Å². The molecule has 1 heterocycles. The van der Waals surface area contributed by atoms with E-state index in [2.05, 4.69) is 10.1 Å². The smallest absolute Gasteiger partial charge is 0.338 e. The molecule has 0 fully saturated rings. The highest BCUT2D eigenvalue weighted by molar-refractivity contribution is 6.20. The number of aliphatic carboxylic acids is 1. The Balaban J connectivity index is 2.55. The van der Waals surface area contributed by atoms with Crippen LogP contribution in [0.25, 0.3) is 5.53 Å². The average Bonchev–Trinajstić information content (AvgIpc) is 2.56. The molecule has 0 aliphatic carbocycles. The molecule has 1 aromatic carbocycles. The highest BCUT2D eigenvalue weighted by atomic mass is 16.4. The zero-order valence-electron chi connectivity index (χ0n) is 7.14. The molecule has 0 aromatic heterocycles. The molecule has 14 heavy (non-hydrogen) atoms. The van der Waals surface area contributed by atoms with E-state index in [1.54, 1.807) is 24.3 Å². The predicted molar refractivity (Wildman–Crippen MR) is 49.2 cm³/mol. The molecule has 0 saturated heterocycles. The van der Waals surface area contributed by atoms with Gasteiger partial charge in [0.25, 0.3) is 0 Å². The van der Waals surface area contributed by atoms with Crippen LogP contribution in [0.4, 0.5) is 5.69 Å². The summed E-state index contributed by atoms with van der Waals surface area (Å²) in [6, 6.07) is 6.03. The number of carbonyl (C=O) groups is 1. The first-order chi connectivity index (χ1) is 6.74. The first-order valence-corrected chi connectivity index (χ1v) is 4.04. The molecule has 0 radical (unpaired) electrons. The topological polar surface area (TPSA) is 85.7 Å². The number of para-hydroxylation sites is 1. The van der Waals surface area contributed by atoms with E-state index in [0.717, 1.165) is 0 Å².